The molecule has 2 aromatic carbocycles. The summed E-state index contributed by atoms with van der Waals surface area (Å²) in [5, 5.41) is 11.7. The van der Waals surface area contributed by atoms with Crippen molar-refractivity contribution in [3.8, 4) is 0 Å². The number of carbonyl (C=O) groups is 1. The highest BCUT2D eigenvalue weighted by atomic mass is 32.2. The van der Waals surface area contributed by atoms with Gasteiger partial charge in [0.15, 0.2) is 11.3 Å². The Balaban J connectivity index is 1.82. The van der Waals surface area contributed by atoms with E-state index < -0.39 is 0 Å². The lowest BCUT2D eigenvalue weighted by molar-refractivity contribution is -0.116. The Morgan fingerprint density at radius 1 is 1.07 bits per heavy atom. The van der Waals surface area contributed by atoms with Crippen LogP contribution in [0.1, 0.15) is 32.5 Å². The number of thioether (sulfide) groups is 1. The van der Waals surface area contributed by atoms with Gasteiger partial charge in [0.05, 0.1) is 5.36 Å². The smallest absolute Gasteiger partial charge is 0.276 e. The quantitative estimate of drug-likeness (QED) is 0.827. The third kappa shape index (κ3) is 3.62. The molecule has 0 radical (unpaired) electrons. The van der Waals surface area contributed by atoms with E-state index in [1.807, 2.05) is 31.2 Å². The van der Waals surface area contributed by atoms with Crippen molar-refractivity contribution >= 4 is 34.2 Å². The van der Waals surface area contributed by atoms with E-state index in [4.69, 9.17) is 10.1 Å². The first-order valence-corrected chi connectivity index (χ1v) is 11.0. The van der Waals surface area contributed by atoms with Crippen LogP contribution in [-0.4, -0.2) is 34.9 Å². The van der Waals surface area contributed by atoms with Crippen LogP contribution in [0.25, 0.3) is 5.70 Å². The Morgan fingerprint density at radius 3 is 2.48 bits per heavy atom. The number of hydrogen-bond donors (Lipinski definition) is 1. The van der Waals surface area contributed by atoms with Gasteiger partial charge in [0, 0.05) is 24.0 Å². The van der Waals surface area contributed by atoms with Gasteiger partial charge in [-0.25, -0.2) is 5.01 Å². The van der Waals surface area contributed by atoms with Crippen molar-refractivity contribution in [1.29, 1.82) is 0 Å². The number of amides is 1. The highest BCUT2D eigenvalue weighted by Crippen LogP contribution is 2.31. The monoisotopic (exact) mass is 407 g/mol. The molecule has 1 amide bonds. The van der Waals surface area contributed by atoms with Crippen molar-refractivity contribution < 1.29 is 4.79 Å². The van der Waals surface area contributed by atoms with Gasteiger partial charge in [0.1, 0.15) is 5.70 Å². The van der Waals surface area contributed by atoms with Crippen molar-refractivity contribution in [2.24, 2.45) is 10.1 Å². The molecule has 0 aromatic heterocycles. The van der Waals surface area contributed by atoms with E-state index >= 15 is 0 Å². The lowest BCUT2D eigenvalue weighted by atomic mass is 10.1. The number of amidine groups is 1. The SMILES string of the molecule is CCSC1=NN2C(=c3ccccc3=N[C@@H]2c2ccc(N(CC)CC)cc2)C(=O)N1. The molecule has 0 spiro atoms. The van der Waals surface area contributed by atoms with E-state index in [2.05, 4.69) is 48.3 Å². The summed E-state index contributed by atoms with van der Waals surface area (Å²) in [5.41, 5.74) is 2.74. The van der Waals surface area contributed by atoms with Crippen LogP contribution in [0.2, 0.25) is 0 Å². The second-order valence-electron chi connectivity index (χ2n) is 6.77. The second-order valence-corrected chi connectivity index (χ2v) is 8.02. The standard InChI is InChI=1S/C22H25N5OS/c1-4-26(5-2)16-13-11-15(12-14-16)20-23-18-10-8-7-9-17(18)19-21(28)24-22(29-6-3)25-27(19)20/h7-14,20H,4-6H2,1-3H3,(H,24,25,28)/t20-/m0/s1. The predicted molar refractivity (Wildman–Crippen MR) is 119 cm³/mol. The first-order chi connectivity index (χ1) is 14.2. The van der Waals surface area contributed by atoms with Crippen LogP contribution in [0.5, 0.6) is 0 Å². The molecule has 1 N–H and O–H groups in total. The van der Waals surface area contributed by atoms with Crippen molar-refractivity contribution in [3.05, 3.63) is 64.7 Å². The van der Waals surface area contributed by atoms with Crippen LogP contribution < -0.4 is 20.8 Å². The minimum absolute atomic E-state index is 0.136. The Hall–Kier alpha value is -2.80. The summed E-state index contributed by atoms with van der Waals surface area (Å²) in [6.45, 7) is 8.27. The molecule has 0 saturated carbocycles. The second kappa shape index (κ2) is 8.29. The van der Waals surface area contributed by atoms with Crippen LogP contribution >= 0.6 is 11.8 Å². The molecule has 0 unspecified atom stereocenters. The molecule has 6 nitrogen and oxygen atoms in total. The van der Waals surface area contributed by atoms with Gasteiger partial charge in [-0.15, -0.1) is 5.10 Å². The number of rotatable bonds is 5. The maximum Gasteiger partial charge on any atom is 0.276 e. The van der Waals surface area contributed by atoms with Crippen molar-refractivity contribution in [2.45, 2.75) is 26.9 Å². The lowest BCUT2D eigenvalue weighted by Crippen LogP contribution is -2.50. The van der Waals surface area contributed by atoms with Crippen molar-refractivity contribution in [2.75, 3.05) is 23.7 Å². The van der Waals surface area contributed by atoms with E-state index in [-0.39, 0.29) is 12.1 Å². The predicted octanol–water partition coefficient (Wildman–Crippen LogP) is 2.43. The number of carbonyl (C=O) groups excluding carboxylic acids is 1. The fraction of sp³-hybridized carbons (Fsp3) is 0.318. The van der Waals surface area contributed by atoms with E-state index in [0.29, 0.717) is 10.9 Å². The molecule has 2 aliphatic rings. The molecule has 2 aliphatic heterocycles. The van der Waals surface area contributed by atoms with Gasteiger partial charge in [-0.05, 0) is 43.4 Å². The third-order valence-corrected chi connectivity index (χ3v) is 5.86. The molecule has 4 rings (SSSR count). The molecule has 2 aromatic rings. The molecule has 2 heterocycles. The van der Waals surface area contributed by atoms with Crippen molar-refractivity contribution in [1.82, 2.24) is 10.3 Å². The van der Waals surface area contributed by atoms with E-state index in [9.17, 15) is 4.79 Å². The first-order valence-electron chi connectivity index (χ1n) is 10.00. The van der Waals surface area contributed by atoms with Crippen LogP contribution in [0.15, 0.2) is 58.6 Å². The van der Waals surface area contributed by atoms with Gasteiger partial charge in [-0.1, -0.05) is 49.0 Å². The summed E-state index contributed by atoms with van der Waals surface area (Å²) in [7, 11) is 0. The molecule has 7 heteroatoms. The van der Waals surface area contributed by atoms with Crippen molar-refractivity contribution in [3.63, 3.8) is 0 Å². The normalized spacial score (nSPS) is 17.7. The zero-order valence-corrected chi connectivity index (χ0v) is 17.7. The molecule has 150 valence electrons. The van der Waals surface area contributed by atoms with Crippen LogP contribution in [0, 0.1) is 0 Å². The van der Waals surface area contributed by atoms with Crippen LogP contribution in [0.4, 0.5) is 5.69 Å². The maximum absolute atomic E-state index is 12.9. The zero-order valence-electron chi connectivity index (χ0n) is 16.9. The summed E-state index contributed by atoms with van der Waals surface area (Å²) in [5.74, 6) is 0.697. The fourth-order valence-electron chi connectivity index (χ4n) is 3.69. The fourth-order valence-corrected chi connectivity index (χ4v) is 4.28. The molecular weight excluding hydrogens is 382 g/mol. The average Bonchev–Trinajstić information content (AvgIpc) is 2.74. The van der Waals surface area contributed by atoms with Gasteiger partial charge in [-0.2, -0.15) is 0 Å². The third-order valence-electron chi connectivity index (χ3n) is 5.12. The summed E-state index contributed by atoms with van der Waals surface area (Å²) in [6, 6.07) is 16.1. The number of nitrogens with zero attached hydrogens (tertiary/aromatic N) is 4. The minimum atomic E-state index is -0.371. The zero-order chi connectivity index (χ0) is 20.4. The maximum atomic E-state index is 12.9. The van der Waals surface area contributed by atoms with E-state index in [1.165, 1.54) is 17.4 Å². The van der Waals surface area contributed by atoms with Gasteiger partial charge in [0.25, 0.3) is 5.91 Å². The number of hydrazone groups is 1. The van der Waals surface area contributed by atoms with E-state index in [1.54, 1.807) is 5.01 Å². The molecular formula is C22H25N5OS. The van der Waals surface area contributed by atoms with Crippen LogP contribution in [-0.2, 0) is 4.79 Å². The number of hydrogen-bond acceptors (Lipinski definition) is 6. The summed E-state index contributed by atoms with van der Waals surface area (Å²) in [4.78, 5) is 20.2. The molecule has 1 atom stereocenters. The number of nitrogens with one attached hydrogen (secondary N) is 1. The molecule has 0 fully saturated rings. The first kappa shape index (κ1) is 19.5. The number of fused-ring (bicyclic) bond motifs is 2. The largest absolute Gasteiger partial charge is 0.372 e. The lowest BCUT2D eigenvalue weighted by Gasteiger charge is -2.34. The number of para-hydroxylation sites is 1. The van der Waals surface area contributed by atoms with Gasteiger partial charge < -0.3 is 4.90 Å². The summed E-state index contributed by atoms with van der Waals surface area (Å²) < 4.78 is 0. The Bertz CT molecular complexity index is 1060. The number of anilines is 1. The topological polar surface area (TPSA) is 60.3 Å². The van der Waals surface area contributed by atoms with Gasteiger partial charge >= 0.3 is 0 Å². The van der Waals surface area contributed by atoms with Gasteiger partial charge in [0.2, 0.25) is 0 Å². The minimum Gasteiger partial charge on any atom is -0.372 e. The molecule has 0 aliphatic carbocycles. The van der Waals surface area contributed by atoms with E-state index in [0.717, 1.165) is 35.0 Å². The van der Waals surface area contributed by atoms with Gasteiger partial charge in [-0.3, -0.25) is 15.1 Å². The Morgan fingerprint density at radius 2 is 1.79 bits per heavy atom. The highest BCUT2D eigenvalue weighted by molar-refractivity contribution is 8.13. The molecule has 29 heavy (non-hydrogen) atoms. The Kier molecular flexibility index (Phi) is 5.58. The summed E-state index contributed by atoms with van der Waals surface area (Å²) in [6.07, 6.45) is -0.371. The molecule has 0 bridgehead atoms. The number of benzene rings is 2. The Labute approximate surface area is 175 Å². The molecule has 0 saturated heterocycles. The average molecular weight is 408 g/mol. The highest BCUT2D eigenvalue weighted by Gasteiger charge is 2.34. The van der Waals surface area contributed by atoms with Crippen LogP contribution in [0.3, 0.4) is 0 Å². The summed E-state index contributed by atoms with van der Waals surface area (Å²) >= 11 is 1.52.